The van der Waals surface area contributed by atoms with Crippen LogP contribution in [0.15, 0.2) is 12.7 Å². The molecule has 0 aromatic carbocycles. The maximum Gasteiger partial charge on any atom is 0.00509 e. The van der Waals surface area contributed by atoms with Crippen molar-refractivity contribution in [2.45, 2.75) is 45.1 Å². The number of unbranched alkanes of at least 4 members (excludes halogenated alkanes) is 1. The van der Waals surface area contributed by atoms with E-state index in [9.17, 15) is 0 Å². The van der Waals surface area contributed by atoms with Crippen LogP contribution in [0.2, 0.25) is 0 Å². The van der Waals surface area contributed by atoms with Gasteiger partial charge < -0.3 is 10.6 Å². The molecule has 0 aliphatic carbocycles. The molecule has 0 aromatic rings. The van der Waals surface area contributed by atoms with E-state index in [1.54, 1.807) is 0 Å². The van der Waals surface area contributed by atoms with Gasteiger partial charge in [0.2, 0.25) is 0 Å². The molecular formula is C12H26N2. The molecule has 2 heteroatoms. The van der Waals surface area contributed by atoms with E-state index in [-0.39, 0.29) is 0 Å². The van der Waals surface area contributed by atoms with Crippen LogP contribution in [0.3, 0.4) is 0 Å². The Bertz CT molecular complexity index is 134. The zero-order valence-electron chi connectivity index (χ0n) is 9.84. The normalized spacial score (nSPS) is 13.1. The van der Waals surface area contributed by atoms with Gasteiger partial charge >= 0.3 is 0 Å². The summed E-state index contributed by atoms with van der Waals surface area (Å²) in [5.41, 5.74) is 5.94. The molecule has 0 spiro atoms. The molecule has 2 N–H and O–H groups in total. The van der Waals surface area contributed by atoms with Crippen molar-refractivity contribution >= 4 is 0 Å². The van der Waals surface area contributed by atoms with Crippen LogP contribution in [0.25, 0.3) is 0 Å². The average molecular weight is 198 g/mol. The summed E-state index contributed by atoms with van der Waals surface area (Å²) >= 11 is 0. The minimum absolute atomic E-state index is 0.391. The zero-order valence-corrected chi connectivity index (χ0v) is 9.84. The van der Waals surface area contributed by atoms with Crippen LogP contribution >= 0.6 is 0 Å². The van der Waals surface area contributed by atoms with Gasteiger partial charge in [-0.1, -0.05) is 19.4 Å². The second kappa shape index (κ2) is 9.22. The number of allylic oxidation sites excluding steroid dienone is 1. The molecule has 0 amide bonds. The van der Waals surface area contributed by atoms with Gasteiger partial charge in [0, 0.05) is 6.04 Å². The Labute approximate surface area is 89.2 Å². The second-order valence-electron chi connectivity index (χ2n) is 4.07. The van der Waals surface area contributed by atoms with Gasteiger partial charge in [0.25, 0.3) is 0 Å². The largest absolute Gasteiger partial charge is 0.328 e. The van der Waals surface area contributed by atoms with Gasteiger partial charge in [-0.05, 0) is 45.8 Å². The molecule has 0 fully saturated rings. The molecule has 1 atom stereocenters. The van der Waals surface area contributed by atoms with Crippen molar-refractivity contribution in [1.29, 1.82) is 0 Å². The van der Waals surface area contributed by atoms with E-state index in [4.69, 9.17) is 5.73 Å². The fourth-order valence-electron chi connectivity index (χ4n) is 1.52. The van der Waals surface area contributed by atoms with Gasteiger partial charge in [-0.2, -0.15) is 0 Å². The lowest BCUT2D eigenvalue weighted by Crippen LogP contribution is -2.28. The van der Waals surface area contributed by atoms with Crippen molar-refractivity contribution in [3.63, 3.8) is 0 Å². The lowest BCUT2D eigenvalue weighted by atomic mass is 10.1. The van der Waals surface area contributed by atoms with Crippen LogP contribution in [0.1, 0.15) is 39.0 Å². The summed E-state index contributed by atoms with van der Waals surface area (Å²) in [6.07, 6.45) is 7.78. The number of nitrogens with zero attached hydrogens (tertiary/aromatic N) is 1. The summed E-state index contributed by atoms with van der Waals surface area (Å²) < 4.78 is 0. The smallest absolute Gasteiger partial charge is 0.00509 e. The standard InChI is InChI=1S/C12H26N2/c1-4-6-7-10-14(3)11-9-12(13)8-5-2/h4,12H,1,5-11,13H2,2-3H3. The van der Waals surface area contributed by atoms with Crippen molar-refractivity contribution in [3.8, 4) is 0 Å². The van der Waals surface area contributed by atoms with E-state index >= 15 is 0 Å². The summed E-state index contributed by atoms with van der Waals surface area (Å²) in [7, 11) is 2.17. The second-order valence-corrected chi connectivity index (χ2v) is 4.07. The van der Waals surface area contributed by atoms with Crippen molar-refractivity contribution < 1.29 is 0 Å². The Kier molecular flexibility index (Phi) is 9.00. The first kappa shape index (κ1) is 13.7. The predicted molar refractivity (Wildman–Crippen MR) is 64.4 cm³/mol. The SMILES string of the molecule is C=CCCCN(C)CCC(N)CCC. The third-order valence-electron chi connectivity index (χ3n) is 2.49. The zero-order chi connectivity index (χ0) is 10.8. The first-order valence-corrected chi connectivity index (χ1v) is 5.75. The molecule has 2 nitrogen and oxygen atoms in total. The summed E-state index contributed by atoms with van der Waals surface area (Å²) in [5.74, 6) is 0. The van der Waals surface area contributed by atoms with Crippen LogP contribution in [0.5, 0.6) is 0 Å². The Hall–Kier alpha value is -0.340. The van der Waals surface area contributed by atoms with Crippen molar-refractivity contribution in [3.05, 3.63) is 12.7 Å². The van der Waals surface area contributed by atoms with Gasteiger partial charge in [0.1, 0.15) is 0 Å². The highest BCUT2D eigenvalue weighted by Crippen LogP contribution is 2.01. The first-order chi connectivity index (χ1) is 6.70. The van der Waals surface area contributed by atoms with E-state index in [0.717, 1.165) is 32.4 Å². The summed E-state index contributed by atoms with van der Waals surface area (Å²) in [6.45, 7) is 8.19. The molecule has 0 aliphatic rings. The Morgan fingerprint density at radius 2 is 2.07 bits per heavy atom. The van der Waals surface area contributed by atoms with Crippen LogP contribution < -0.4 is 5.73 Å². The van der Waals surface area contributed by atoms with E-state index in [1.165, 1.54) is 12.8 Å². The molecule has 0 bridgehead atoms. The molecule has 0 aromatic heterocycles. The maximum atomic E-state index is 5.94. The van der Waals surface area contributed by atoms with Crippen molar-refractivity contribution in [2.75, 3.05) is 20.1 Å². The summed E-state index contributed by atoms with van der Waals surface area (Å²) in [5, 5.41) is 0. The van der Waals surface area contributed by atoms with Crippen molar-refractivity contribution in [1.82, 2.24) is 4.90 Å². The fraction of sp³-hybridized carbons (Fsp3) is 0.833. The van der Waals surface area contributed by atoms with E-state index in [2.05, 4.69) is 25.5 Å². The molecule has 0 rings (SSSR count). The van der Waals surface area contributed by atoms with Gasteiger partial charge in [-0.25, -0.2) is 0 Å². The van der Waals surface area contributed by atoms with Crippen LogP contribution in [0, 0.1) is 0 Å². The van der Waals surface area contributed by atoms with Gasteiger partial charge in [0.05, 0.1) is 0 Å². The number of hydrogen-bond acceptors (Lipinski definition) is 2. The van der Waals surface area contributed by atoms with E-state index in [0.29, 0.717) is 6.04 Å². The molecule has 0 saturated heterocycles. The Morgan fingerprint density at radius 1 is 1.36 bits per heavy atom. The highest BCUT2D eigenvalue weighted by Gasteiger charge is 2.03. The van der Waals surface area contributed by atoms with Gasteiger partial charge in [0.15, 0.2) is 0 Å². The minimum atomic E-state index is 0.391. The Morgan fingerprint density at radius 3 is 2.64 bits per heavy atom. The predicted octanol–water partition coefficient (Wildman–Crippen LogP) is 2.40. The molecule has 0 heterocycles. The van der Waals surface area contributed by atoms with Crippen LogP contribution in [-0.2, 0) is 0 Å². The van der Waals surface area contributed by atoms with Crippen molar-refractivity contribution in [2.24, 2.45) is 5.73 Å². The third-order valence-corrected chi connectivity index (χ3v) is 2.49. The minimum Gasteiger partial charge on any atom is -0.328 e. The first-order valence-electron chi connectivity index (χ1n) is 5.75. The van der Waals surface area contributed by atoms with E-state index in [1.807, 2.05) is 6.08 Å². The molecule has 0 saturated carbocycles. The average Bonchev–Trinajstić information content (AvgIpc) is 2.16. The van der Waals surface area contributed by atoms with Crippen LogP contribution in [0.4, 0.5) is 0 Å². The quantitative estimate of drug-likeness (QED) is 0.455. The van der Waals surface area contributed by atoms with E-state index < -0.39 is 0 Å². The van der Waals surface area contributed by atoms with Gasteiger partial charge in [-0.15, -0.1) is 6.58 Å². The molecule has 0 aliphatic heterocycles. The monoisotopic (exact) mass is 198 g/mol. The van der Waals surface area contributed by atoms with Gasteiger partial charge in [-0.3, -0.25) is 0 Å². The highest BCUT2D eigenvalue weighted by atomic mass is 15.1. The molecule has 0 radical (unpaired) electrons. The highest BCUT2D eigenvalue weighted by molar-refractivity contribution is 4.68. The lowest BCUT2D eigenvalue weighted by Gasteiger charge is -2.18. The number of hydrogen-bond donors (Lipinski definition) is 1. The fourth-order valence-corrected chi connectivity index (χ4v) is 1.52. The van der Waals surface area contributed by atoms with Crippen LogP contribution in [-0.4, -0.2) is 31.1 Å². The lowest BCUT2D eigenvalue weighted by molar-refractivity contribution is 0.311. The Balaban J connectivity index is 3.33. The number of nitrogens with two attached hydrogens (primary N) is 1. The molecule has 84 valence electrons. The molecular weight excluding hydrogens is 172 g/mol. The third kappa shape index (κ3) is 8.27. The topological polar surface area (TPSA) is 29.3 Å². The summed E-state index contributed by atoms with van der Waals surface area (Å²) in [4.78, 5) is 2.36. The summed E-state index contributed by atoms with van der Waals surface area (Å²) in [6, 6.07) is 0.391. The molecule has 14 heavy (non-hydrogen) atoms. The number of rotatable bonds is 9. The maximum absolute atomic E-state index is 5.94. The molecule has 1 unspecified atom stereocenters.